The van der Waals surface area contributed by atoms with Crippen molar-refractivity contribution in [3.63, 3.8) is 0 Å². The fraction of sp³-hybridized carbons (Fsp3) is 0.500. The average Bonchev–Trinajstić information content (AvgIpc) is 3.54. The van der Waals surface area contributed by atoms with Crippen LogP contribution in [0.3, 0.4) is 0 Å². The first kappa shape index (κ1) is 21.3. The van der Waals surface area contributed by atoms with E-state index in [4.69, 9.17) is 15.2 Å². The highest BCUT2D eigenvalue weighted by Crippen LogP contribution is 2.27. The number of ether oxygens (including phenoxy) is 2. The molecule has 2 heterocycles. The van der Waals surface area contributed by atoms with Gasteiger partial charge in [-0.3, -0.25) is 4.57 Å². The minimum absolute atomic E-state index is 0.131. The SMILES string of the molecule is CCn1c(=O)n(Cc2cccc(CNCC3CC3)c2)c2[nH+]c(OCCOC)nc(N)c21. The quantitative estimate of drug-likeness (QED) is 0.445. The summed E-state index contributed by atoms with van der Waals surface area (Å²) >= 11 is 0. The van der Waals surface area contributed by atoms with E-state index in [1.165, 1.54) is 18.4 Å². The monoisotopic (exact) mass is 427 g/mol. The number of anilines is 1. The van der Waals surface area contributed by atoms with Crippen molar-refractivity contribution in [3.05, 3.63) is 45.9 Å². The number of hydrogen-bond acceptors (Lipinski definition) is 6. The number of methoxy groups -OCH3 is 1. The van der Waals surface area contributed by atoms with Gasteiger partial charge in [0.15, 0.2) is 5.52 Å². The van der Waals surface area contributed by atoms with Crippen molar-refractivity contribution in [3.8, 4) is 6.01 Å². The van der Waals surface area contributed by atoms with E-state index in [0.29, 0.717) is 37.5 Å². The van der Waals surface area contributed by atoms with Gasteiger partial charge in [-0.15, -0.1) is 0 Å². The summed E-state index contributed by atoms with van der Waals surface area (Å²) in [4.78, 5) is 20.5. The molecule has 0 atom stereocenters. The summed E-state index contributed by atoms with van der Waals surface area (Å²) in [6.07, 6.45) is 2.67. The molecule has 0 unspecified atom stereocenters. The average molecular weight is 428 g/mol. The van der Waals surface area contributed by atoms with E-state index in [0.717, 1.165) is 24.6 Å². The molecule has 0 amide bonds. The highest BCUT2D eigenvalue weighted by molar-refractivity contribution is 5.80. The molecule has 1 aromatic carbocycles. The third-order valence-electron chi connectivity index (χ3n) is 5.55. The van der Waals surface area contributed by atoms with Gasteiger partial charge in [0.1, 0.15) is 6.61 Å². The van der Waals surface area contributed by atoms with E-state index < -0.39 is 0 Å². The Kier molecular flexibility index (Phi) is 6.53. The van der Waals surface area contributed by atoms with Gasteiger partial charge in [0.05, 0.1) is 13.2 Å². The maximum Gasteiger partial charge on any atom is 0.433 e. The molecule has 1 aliphatic carbocycles. The van der Waals surface area contributed by atoms with Crippen LogP contribution in [0, 0.1) is 5.92 Å². The molecular weight excluding hydrogens is 396 g/mol. The highest BCUT2D eigenvalue weighted by Gasteiger charge is 2.25. The Balaban J connectivity index is 1.62. The lowest BCUT2D eigenvalue weighted by Gasteiger charge is -2.06. The molecule has 1 aliphatic rings. The van der Waals surface area contributed by atoms with Gasteiger partial charge in [0.25, 0.3) is 5.65 Å². The number of nitrogens with zero attached hydrogens (tertiary/aromatic N) is 3. The summed E-state index contributed by atoms with van der Waals surface area (Å²) in [6, 6.07) is 8.58. The lowest BCUT2D eigenvalue weighted by atomic mass is 10.1. The largest absolute Gasteiger partial charge is 0.438 e. The van der Waals surface area contributed by atoms with Crippen LogP contribution >= 0.6 is 0 Å². The van der Waals surface area contributed by atoms with Gasteiger partial charge in [-0.2, -0.15) is 0 Å². The molecule has 0 radical (unpaired) electrons. The topological polar surface area (TPSA) is 110 Å². The molecule has 4 N–H and O–H groups in total. The Morgan fingerprint density at radius 1 is 1.26 bits per heavy atom. The Morgan fingerprint density at radius 2 is 2.06 bits per heavy atom. The van der Waals surface area contributed by atoms with Gasteiger partial charge in [-0.05, 0) is 48.3 Å². The van der Waals surface area contributed by atoms with E-state index in [1.54, 1.807) is 16.2 Å². The second-order valence-electron chi connectivity index (χ2n) is 7.97. The van der Waals surface area contributed by atoms with Gasteiger partial charge in [0.2, 0.25) is 5.82 Å². The van der Waals surface area contributed by atoms with Crippen molar-refractivity contribution in [1.29, 1.82) is 0 Å². The van der Waals surface area contributed by atoms with Crippen LogP contribution in [0.2, 0.25) is 0 Å². The van der Waals surface area contributed by atoms with E-state index in [2.05, 4.69) is 27.4 Å². The summed E-state index contributed by atoms with van der Waals surface area (Å²) in [7, 11) is 1.60. The van der Waals surface area contributed by atoms with Crippen molar-refractivity contribution in [1.82, 2.24) is 19.4 Å². The number of rotatable bonds is 11. The fourth-order valence-corrected chi connectivity index (χ4v) is 3.76. The first-order valence-corrected chi connectivity index (χ1v) is 10.8. The Labute approximate surface area is 181 Å². The smallest absolute Gasteiger partial charge is 0.433 e. The lowest BCUT2D eigenvalue weighted by molar-refractivity contribution is -0.373. The molecule has 3 aromatic rings. The number of nitrogens with two attached hydrogens (primary N) is 1. The Hall–Kier alpha value is -2.91. The molecule has 2 aromatic heterocycles. The summed E-state index contributed by atoms with van der Waals surface area (Å²) in [5.74, 6) is 1.11. The molecule has 0 aliphatic heterocycles. The zero-order valence-electron chi connectivity index (χ0n) is 18.2. The van der Waals surface area contributed by atoms with Crippen LogP contribution in [-0.4, -0.2) is 41.0 Å². The van der Waals surface area contributed by atoms with Crippen molar-refractivity contribution < 1.29 is 14.5 Å². The molecule has 0 spiro atoms. The van der Waals surface area contributed by atoms with Crippen molar-refractivity contribution in [2.45, 2.75) is 39.4 Å². The molecular formula is C22H31N6O3+. The van der Waals surface area contributed by atoms with Crippen LogP contribution in [-0.2, 0) is 24.4 Å². The lowest BCUT2D eigenvalue weighted by Crippen LogP contribution is -2.26. The number of fused-ring (bicyclic) bond motifs is 1. The molecule has 0 saturated heterocycles. The maximum absolute atomic E-state index is 13.1. The van der Waals surface area contributed by atoms with Crippen LogP contribution in [0.4, 0.5) is 5.82 Å². The summed E-state index contributed by atoms with van der Waals surface area (Å²) in [5.41, 5.74) is 9.52. The van der Waals surface area contributed by atoms with Crippen LogP contribution in [0.1, 0.15) is 30.9 Å². The third kappa shape index (κ3) is 4.88. The van der Waals surface area contributed by atoms with Crippen LogP contribution in [0.5, 0.6) is 6.01 Å². The van der Waals surface area contributed by atoms with E-state index in [9.17, 15) is 4.79 Å². The van der Waals surface area contributed by atoms with Crippen LogP contribution < -0.4 is 26.5 Å². The molecule has 1 saturated carbocycles. The second kappa shape index (κ2) is 9.49. The van der Waals surface area contributed by atoms with Crippen LogP contribution in [0.25, 0.3) is 11.2 Å². The number of H-pyrrole nitrogens is 1. The molecule has 166 valence electrons. The minimum atomic E-state index is -0.131. The van der Waals surface area contributed by atoms with Gasteiger partial charge in [-0.1, -0.05) is 24.3 Å². The van der Waals surface area contributed by atoms with Gasteiger partial charge < -0.3 is 20.5 Å². The molecule has 1 fully saturated rings. The van der Waals surface area contributed by atoms with Crippen molar-refractivity contribution >= 4 is 17.0 Å². The standard InChI is InChI=1S/C22H30N6O3/c1-3-27-18-19(23)25-21(31-10-9-30-2)26-20(18)28(22(27)29)14-17-6-4-5-16(11-17)13-24-12-15-7-8-15/h4-6,11,15,24H,3,7-10,12-14H2,1-2H3,(H2,23,25,26)/p+1. The summed E-state index contributed by atoms with van der Waals surface area (Å²) < 4.78 is 13.9. The predicted octanol–water partition coefficient (Wildman–Crippen LogP) is 1.19. The van der Waals surface area contributed by atoms with Gasteiger partial charge >= 0.3 is 11.7 Å². The van der Waals surface area contributed by atoms with Crippen molar-refractivity contribution in [2.75, 3.05) is 32.6 Å². The number of nitrogens with one attached hydrogen (secondary N) is 2. The second-order valence-corrected chi connectivity index (χ2v) is 7.97. The number of aromatic nitrogens is 4. The number of aromatic amines is 1. The molecule has 0 bridgehead atoms. The third-order valence-corrected chi connectivity index (χ3v) is 5.55. The van der Waals surface area contributed by atoms with E-state index in [-0.39, 0.29) is 17.5 Å². The van der Waals surface area contributed by atoms with E-state index >= 15 is 0 Å². The van der Waals surface area contributed by atoms with E-state index in [1.807, 2.05) is 19.1 Å². The summed E-state index contributed by atoms with van der Waals surface area (Å²) in [5, 5.41) is 3.52. The first-order valence-electron chi connectivity index (χ1n) is 10.8. The van der Waals surface area contributed by atoms with Gasteiger partial charge in [-0.25, -0.2) is 14.3 Å². The Bertz CT molecular complexity index is 1100. The maximum atomic E-state index is 13.1. The number of hydrogen-bond donors (Lipinski definition) is 2. The number of benzene rings is 1. The number of imidazole rings is 1. The Morgan fingerprint density at radius 3 is 2.81 bits per heavy atom. The molecule has 9 heteroatoms. The molecule has 9 nitrogen and oxygen atoms in total. The fourth-order valence-electron chi connectivity index (χ4n) is 3.76. The van der Waals surface area contributed by atoms with Crippen molar-refractivity contribution in [2.24, 2.45) is 5.92 Å². The highest BCUT2D eigenvalue weighted by atomic mass is 16.5. The number of aryl methyl sites for hydroxylation is 1. The normalized spacial score (nSPS) is 13.7. The zero-order chi connectivity index (χ0) is 21.8. The minimum Gasteiger partial charge on any atom is -0.438 e. The molecule has 31 heavy (non-hydrogen) atoms. The van der Waals surface area contributed by atoms with Gasteiger partial charge in [0, 0.05) is 20.2 Å². The number of nitrogen functional groups attached to an aromatic ring is 1. The molecule has 4 rings (SSSR count). The first-order chi connectivity index (χ1) is 15.1. The predicted molar refractivity (Wildman–Crippen MR) is 118 cm³/mol. The zero-order valence-corrected chi connectivity index (χ0v) is 18.2. The van der Waals surface area contributed by atoms with Crippen LogP contribution in [0.15, 0.2) is 29.1 Å². The summed E-state index contributed by atoms with van der Waals surface area (Å²) in [6.45, 7) is 5.50.